The maximum atomic E-state index is 12.9. The zero-order valence-electron chi connectivity index (χ0n) is 17.3. The molecule has 160 valence electrons. The number of ether oxygens (including phenoxy) is 2. The predicted molar refractivity (Wildman–Crippen MR) is 116 cm³/mol. The van der Waals surface area contributed by atoms with E-state index in [1.807, 2.05) is 30.3 Å². The van der Waals surface area contributed by atoms with Crippen molar-refractivity contribution >= 4 is 16.9 Å². The molecule has 5 rings (SSSR count). The van der Waals surface area contributed by atoms with E-state index in [0.29, 0.717) is 17.6 Å². The number of carbonyl (C=O) groups is 1. The van der Waals surface area contributed by atoms with Gasteiger partial charge in [0.15, 0.2) is 11.5 Å². The first-order chi connectivity index (χ1) is 15.1. The number of hydrogen-bond donors (Lipinski definition) is 1. The molecule has 1 aromatic heterocycles. The molecule has 0 atom stereocenters. The molecule has 31 heavy (non-hydrogen) atoms. The minimum atomic E-state index is -0.281. The van der Waals surface area contributed by atoms with Crippen LogP contribution in [0, 0.1) is 0 Å². The van der Waals surface area contributed by atoms with E-state index in [1.54, 1.807) is 0 Å². The highest BCUT2D eigenvalue weighted by molar-refractivity contribution is 5.80. The first-order valence-electron chi connectivity index (χ1n) is 10.8. The summed E-state index contributed by atoms with van der Waals surface area (Å²) in [5, 5.41) is 3.11. The molecule has 1 aliphatic carbocycles. The summed E-state index contributed by atoms with van der Waals surface area (Å²) < 4.78 is 12.5. The molecule has 1 saturated carbocycles. The van der Waals surface area contributed by atoms with E-state index in [2.05, 4.69) is 22.4 Å². The van der Waals surface area contributed by atoms with Crippen LogP contribution in [0.1, 0.15) is 37.7 Å². The number of aromatic nitrogens is 2. The zero-order valence-corrected chi connectivity index (χ0v) is 17.3. The lowest BCUT2D eigenvalue weighted by Crippen LogP contribution is -2.43. The Bertz CT molecular complexity index is 1180. The number of hydrogen-bond acceptors (Lipinski definition) is 5. The van der Waals surface area contributed by atoms with Crippen molar-refractivity contribution in [2.75, 3.05) is 13.3 Å². The van der Waals surface area contributed by atoms with Gasteiger partial charge in [-0.1, -0.05) is 37.5 Å². The topological polar surface area (TPSA) is 82.5 Å². The van der Waals surface area contributed by atoms with Crippen LogP contribution in [0.4, 0.5) is 0 Å². The molecular formula is C24H25N3O4. The second kappa shape index (κ2) is 8.06. The van der Waals surface area contributed by atoms with Crippen LogP contribution in [0.5, 0.6) is 11.5 Å². The van der Waals surface area contributed by atoms with Gasteiger partial charge in [-0.2, -0.15) is 0 Å². The Kier molecular flexibility index (Phi) is 5.10. The van der Waals surface area contributed by atoms with E-state index in [-0.39, 0.29) is 30.2 Å². The van der Waals surface area contributed by atoms with Crippen molar-refractivity contribution in [2.24, 2.45) is 0 Å². The van der Waals surface area contributed by atoms with E-state index < -0.39 is 0 Å². The molecule has 2 heterocycles. The highest BCUT2D eigenvalue weighted by atomic mass is 16.7. The Morgan fingerprint density at radius 3 is 2.74 bits per heavy atom. The third kappa shape index (κ3) is 3.76. The van der Waals surface area contributed by atoms with Gasteiger partial charge in [-0.3, -0.25) is 14.2 Å². The smallest absolute Gasteiger partial charge is 0.269 e. The van der Waals surface area contributed by atoms with Crippen LogP contribution in [-0.4, -0.2) is 28.8 Å². The first-order valence-corrected chi connectivity index (χ1v) is 10.8. The molecule has 0 unspecified atom stereocenters. The van der Waals surface area contributed by atoms with E-state index in [1.165, 1.54) is 22.7 Å². The molecule has 7 heteroatoms. The van der Waals surface area contributed by atoms with Gasteiger partial charge in [-0.05, 0) is 42.7 Å². The van der Waals surface area contributed by atoms with E-state index in [0.717, 1.165) is 37.2 Å². The first kappa shape index (κ1) is 19.6. The molecule has 1 fully saturated rings. The van der Waals surface area contributed by atoms with Crippen LogP contribution in [-0.2, 0) is 16.8 Å². The second-order valence-electron chi connectivity index (χ2n) is 8.36. The average molecular weight is 419 g/mol. The predicted octanol–water partition coefficient (Wildman–Crippen LogP) is 3.14. The van der Waals surface area contributed by atoms with Crippen LogP contribution in [0.2, 0.25) is 0 Å². The van der Waals surface area contributed by atoms with Crippen molar-refractivity contribution in [3.63, 3.8) is 0 Å². The summed E-state index contributed by atoms with van der Waals surface area (Å²) in [6.07, 6.45) is 6.73. The number of nitrogens with zero attached hydrogens (tertiary/aromatic N) is 2. The third-order valence-corrected chi connectivity index (χ3v) is 6.47. The second-order valence-corrected chi connectivity index (χ2v) is 8.36. The number of fused-ring (bicyclic) bond motifs is 2. The Labute approximate surface area is 180 Å². The molecule has 0 radical (unpaired) electrons. The molecule has 0 saturated heterocycles. The molecule has 1 aliphatic heterocycles. The van der Waals surface area contributed by atoms with Crippen molar-refractivity contribution in [1.82, 2.24) is 14.9 Å². The summed E-state index contributed by atoms with van der Waals surface area (Å²) in [6.45, 7) is 0.749. The number of carbonyl (C=O) groups excluding carboxylic acids is 1. The molecule has 2 aromatic carbocycles. The standard InChI is InChI=1S/C24H25N3O4/c28-22(14-27-19-7-3-2-6-18(19)25-13-23(27)29)26-15-24(10-4-1-5-11-24)17-8-9-20-21(12-17)31-16-30-20/h2-3,6-9,12-13H,1,4-5,10-11,14-16H2,(H,26,28). The molecule has 0 spiro atoms. The number of nitrogens with one attached hydrogen (secondary N) is 1. The summed E-state index contributed by atoms with van der Waals surface area (Å²) >= 11 is 0. The van der Waals surface area contributed by atoms with Crippen molar-refractivity contribution < 1.29 is 14.3 Å². The SMILES string of the molecule is O=C(Cn1c(=O)cnc2ccccc21)NCC1(c2ccc3c(c2)OCO3)CCCCC1. The van der Waals surface area contributed by atoms with Gasteiger partial charge in [0, 0.05) is 12.0 Å². The molecule has 7 nitrogen and oxygen atoms in total. The van der Waals surface area contributed by atoms with Gasteiger partial charge in [0.25, 0.3) is 5.56 Å². The van der Waals surface area contributed by atoms with Crippen LogP contribution in [0.25, 0.3) is 11.0 Å². The minimum absolute atomic E-state index is 0.0287. The number of benzene rings is 2. The normalized spacial score (nSPS) is 16.9. The molecule has 0 bridgehead atoms. The Balaban J connectivity index is 1.36. The average Bonchev–Trinajstić information content (AvgIpc) is 3.28. The maximum Gasteiger partial charge on any atom is 0.269 e. The van der Waals surface area contributed by atoms with E-state index >= 15 is 0 Å². The monoisotopic (exact) mass is 419 g/mol. The van der Waals surface area contributed by atoms with Gasteiger partial charge in [-0.15, -0.1) is 0 Å². The zero-order chi connectivity index (χ0) is 21.3. The Morgan fingerprint density at radius 2 is 1.87 bits per heavy atom. The highest BCUT2D eigenvalue weighted by Crippen LogP contribution is 2.43. The Morgan fingerprint density at radius 1 is 1.06 bits per heavy atom. The molecule has 3 aromatic rings. The van der Waals surface area contributed by atoms with Crippen LogP contribution >= 0.6 is 0 Å². The molecule has 1 amide bonds. The van der Waals surface area contributed by atoms with Crippen LogP contribution in [0.3, 0.4) is 0 Å². The van der Waals surface area contributed by atoms with Crippen molar-refractivity contribution in [3.05, 3.63) is 64.6 Å². The van der Waals surface area contributed by atoms with Gasteiger partial charge in [0.2, 0.25) is 12.7 Å². The minimum Gasteiger partial charge on any atom is -0.454 e. The molecule has 2 aliphatic rings. The maximum absolute atomic E-state index is 12.9. The van der Waals surface area contributed by atoms with E-state index in [4.69, 9.17) is 9.47 Å². The fourth-order valence-corrected chi connectivity index (χ4v) is 4.77. The van der Waals surface area contributed by atoms with Gasteiger partial charge in [0.1, 0.15) is 6.54 Å². The van der Waals surface area contributed by atoms with Crippen molar-refractivity contribution in [2.45, 2.75) is 44.1 Å². The van der Waals surface area contributed by atoms with E-state index in [9.17, 15) is 9.59 Å². The van der Waals surface area contributed by atoms with Gasteiger partial charge >= 0.3 is 0 Å². The van der Waals surface area contributed by atoms with Gasteiger partial charge < -0.3 is 14.8 Å². The summed E-state index contributed by atoms with van der Waals surface area (Å²) in [5.74, 6) is 1.36. The largest absolute Gasteiger partial charge is 0.454 e. The van der Waals surface area contributed by atoms with Crippen LogP contribution in [0.15, 0.2) is 53.5 Å². The summed E-state index contributed by atoms with van der Waals surface area (Å²) in [4.78, 5) is 29.4. The summed E-state index contributed by atoms with van der Waals surface area (Å²) in [5.41, 5.74) is 2.10. The summed E-state index contributed by atoms with van der Waals surface area (Å²) in [6, 6.07) is 13.5. The highest BCUT2D eigenvalue weighted by Gasteiger charge is 2.35. The number of amides is 1. The fourth-order valence-electron chi connectivity index (χ4n) is 4.77. The van der Waals surface area contributed by atoms with Gasteiger partial charge in [0.05, 0.1) is 17.2 Å². The molecule has 1 N–H and O–H groups in total. The lowest BCUT2D eigenvalue weighted by molar-refractivity contribution is -0.122. The fraction of sp³-hybridized carbons (Fsp3) is 0.375. The number of rotatable bonds is 5. The van der Waals surface area contributed by atoms with Crippen molar-refractivity contribution in [1.29, 1.82) is 0 Å². The quantitative estimate of drug-likeness (QED) is 0.687. The summed E-state index contributed by atoms with van der Waals surface area (Å²) in [7, 11) is 0. The van der Waals surface area contributed by atoms with Crippen molar-refractivity contribution in [3.8, 4) is 11.5 Å². The molecular weight excluding hydrogens is 394 g/mol. The van der Waals surface area contributed by atoms with Crippen LogP contribution < -0.4 is 20.3 Å². The lowest BCUT2D eigenvalue weighted by atomic mass is 9.69. The third-order valence-electron chi connectivity index (χ3n) is 6.47. The van der Waals surface area contributed by atoms with Gasteiger partial charge in [-0.25, -0.2) is 4.98 Å². The lowest BCUT2D eigenvalue weighted by Gasteiger charge is -2.38. The Hall–Kier alpha value is -3.35. The number of para-hydroxylation sites is 2.